The highest BCUT2D eigenvalue weighted by Gasteiger charge is 2.28. The third-order valence-corrected chi connectivity index (χ3v) is 4.51. The van der Waals surface area contributed by atoms with Crippen LogP contribution in [-0.2, 0) is 11.2 Å². The normalized spacial score (nSPS) is 17.5. The summed E-state index contributed by atoms with van der Waals surface area (Å²) < 4.78 is 0. The average Bonchev–Trinajstić information content (AvgIpc) is 2.51. The van der Waals surface area contributed by atoms with Gasteiger partial charge < -0.3 is 10.0 Å². The molecule has 1 N–H and O–H groups in total. The van der Waals surface area contributed by atoms with Crippen LogP contribution in [0.5, 0.6) is 0 Å². The first kappa shape index (κ1) is 16.7. The molecule has 22 heavy (non-hydrogen) atoms. The Balaban J connectivity index is 2.33. The first-order valence-electron chi connectivity index (χ1n) is 8.05. The van der Waals surface area contributed by atoms with E-state index in [1.54, 1.807) is 11.8 Å². The summed E-state index contributed by atoms with van der Waals surface area (Å²) >= 11 is 0. The SMILES string of the molecule is CCC(=O)N(CCO)c1ccc2c(c1)C(=O)CC(C(C)C)C2. The number of nitrogens with zero attached hydrogens (tertiary/aromatic N) is 1. The summed E-state index contributed by atoms with van der Waals surface area (Å²) in [6.07, 6.45) is 1.87. The molecule has 1 aromatic rings. The topological polar surface area (TPSA) is 57.6 Å². The van der Waals surface area contributed by atoms with Crippen LogP contribution in [-0.4, -0.2) is 29.9 Å². The van der Waals surface area contributed by atoms with E-state index in [-0.39, 0.29) is 24.8 Å². The molecule has 0 saturated carbocycles. The number of anilines is 1. The molecule has 4 heteroatoms. The fourth-order valence-electron chi connectivity index (χ4n) is 3.03. The van der Waals surface area contributed by atoms with Crippen molar-refractivity contribution in [1.29, 1.82) is 0 Å². The highest BCUT2D eigenvalue weighted by molar-refractivity contribution is 6.01. The molecule has 0 aromatic heterocycles. The summed E-state index contributed by atoms with van der Waals surface area (Å²) in [6, 6.07) is 5.67. The maximum absolute atomic E-state index is 12.4. The monoisotopic (exact) mass is 303 g/mol. The Morgan fingerprint density at radius 1 is 1.36 bits per heavy atom. The molecule has 1 aliphatic rings. The lowest BCUT2D eigenvalue weighted by atomic mass is 9.77. The van der Waals surface area contributed by atoms with Gasteiger partial charge in [-0.25, -0.2) is 0 Å². The Labute approximate surface area is 132 Å². The number of carbonyl (C=O) groups is 2. The van der Waals surface area contributed by atoms with Gasteiger partial charge in [0.05, 0.1) is 6.61 Å². The molecule has 0 saturated heterocycles. The van der Waals surface area contributed by atoms with Gasteiger partial charge in [0.25, 0.3) is 0 Å². The van der Waals surface area contributed by atoms with Crippen LogP contribution < -0.4 is 4.90 Å². The van der Waals surface area contributed by atoms with Crippen molar-refractivity contribution in [2.45, 2.75) is 40.0 Å². The zero-order chi connectivity index (χ0) is 16.3. The fourth-order valence-corrected chi connectivity index (χ4v) is 3.03. The van der Waals surface area contributed by atoms with Gasteiger partial charge in [-0.15, -0.1) is 0 Å². The number of benzene rings is 1. The van der Waals surface area contributed by atoms with Crippen LogP contribution >= 0.6 is 0 Å². The van der Waals surface area contributed by atoms with Gasteiger partial charge in [0.1, 0.15) is 0 Å². The lowest BCUT2D eigenvalue weighted by molar-refractivity contribution is -0.118. The predicted molar refractivity (Wildman–Crippen MR) is 87.2 cm³/mol. The van der Waals surface area contributed by atoms with Crippen molar-refractivity contribution in [3.63, 3.8) is 0 Å². The second-order valence-electron chi connectivity index (χ2n) is 6.30. The third-order valence-electron chi connectivity index (χ3n) is 4.51. The molecule has 0 bridgehead atoms. The van der Waals surface area contributed by atoms with Gasteiger partial charge in [0, 0.05) is 30.6 Å². The van der Waals surface area contributed by atoms with Crippen molar-refractivity contribution in [2.75, 3.05) is 18.1 Å². The maximum Gasteiger partial charge on any atom is 0.226 e. The highest BCUT2D eigenvalue weighted by atomic mass is 16.3. The van der Waals surface area contributed by atoms with Crippen LogP contribution in [0.4, 0.5) is 5.69 Å². The number of ketones is 1. The summed E-state index contributed by atoms with van der Waals surface area (Å²) in [5.74, 6) is 1.01. The van der Waals surface area contributed by atoms with E-state index in [1.165, 1.54) is 0 Å². The number of rotatable bonds is 5. The minimum Gasteiger partial charge on any atom is -0.395 e. The highest BCUT2D eigenvalue weighted by Crippen LogP contribution is 2.32. The lowest BCUT2D eigenvalue weighted by Gasteiger charge is -2.28. The predicted octanol–water partition coefficient (Wildman–Crippen LogP) is 2.82. The van der Waals surface area contributed by atoms with Crippen molar-refractivity contribution in [3.05, 3.63) is 29.3 Å². The quantitative estimate of drug-likeness (QED) is 0.910. The minimum absolute atomic E-state index is 0.0442. The fraction of sp³-hybridized carbons (Fsp3) is 0.556. The average molecular weight is 303 g/mol. The minimum atomic E-state index is -0.0911. The van der Waals surface area contributed by atoms with E-state index in [0.717, 1.165) is 17.5 Å². The van der Waals surface area contributed by atoms with Crippen molar-refractivity contribution in [1.82, 2.24) is 0 Å². The molecule has 0 aliphatic heterocycles. The number of carbonyl (C=O) groups excluding carboxylic acids is 2. The number of hydrogen-bond donors (Lipinski definition) is 1. The van der Waals surface area contributed by atoms with E-state index in [9.17, 15) is 9.59 Å². The molecule has 120 valence electrons. The molecule has 2 rings (SSSR count). The first-order valence-corrected chi connectivity index (χ1v) is 8.05. The zero-order valence-electron chi connectivity index (χ0n) is 13.6. The van der Waals surface area contributed by atoms with Gasteiger partial charge in [-0.2, -0.15) is 0 Å². The molecular weight excluding hydrogens is 278 g/mol. The van der Waals surface area contributed by atoms with Gasteiger partial charge in [-0.05, 0) is 36.0 Å². The summed E-state index contributed by atoms with van der Waals surface area (Å²) in [7, 11) is 0. The second kappa shape index (κ2) is 7.05. The van der Waals surface area contributed by atoms with E-state index in [0.29, 0.717) is 30.4 Å². The van der Waals surface area contributed by atoms with E-state index < -0.39 is 0 Å². The molecule has 1 aromatic carbocycles. The van der Waals surface area contributed by atoms with Crippen LogP contribution in [0.1, 0.15) is 49.5 Å². The van der Waals surface area contributed by atoms with Crippen molar-refractivity contribution >= 4 is 17.4 Å². The summed E-state index contributed by atoms with van der Waals surface area (Å²) in [4.78, 5) is 26.0. The molecule has 0 fully saturated rings. The molecule has 1 unspecified atom stereocenters. The van der Waals surface area contributed by atoms with E-state index >= 15 is 0 Å². The molecule has 4 nitrogen and oxygen atoms in total. The van der Waals surface area contributed by atoms with E-state index in [2.05, 4.69) is 13.8 Å². The Hall–Kier alpha value is -1.68. The number of amides is 1. The summed E-state index contributed by atoms with van der Waals surface area (Å²) in [6.45, 7) is 6.27. The molecule has 0 heterocycles. The Morgan fingerprint density at radius 3 is 2.68 bits per heavy atom. The van der Waals surface area contributed by atoms with Gasteiger partial charge >= 0.3 is 0 Å². The number of hydrogen-bond acceptors (Lipinski definition) is 3. The van der Waals surface area contributed by atoms with Crippen LogP contribution in [0.3, 0.4) is 0 Å². The first-order chi connectivity index (χ1) is 10.5. The molecule has 1 aliphatic carbocycles. The van der Waals surface area contributed by atoms with Crippen LogP contribution in [0.2, 0.25) is 0 Å². The van der Waals surface area contributed by atoms with Gasteiger partial charge in [-0.1, -0.05) is 26.8 Å². The Morgan fingerprint density at radius 2 is 2.09 bits per heavy atom. The molecule has 1 atom stereocenters. The molecular formula is C18H25NO3. The van der Waals surface area contributed by atoms with Crippen molar-refractivity contribution < 1.29 is 14.7 Å². The summed E-state index contributed by atoms with van der Waals surface area (Å²) in [5, 5.41) is 9.17. The van der Waals surface area contributed by atoms with Crippen LogP contribution in [0.25, 0.3) is 0 Å². The Bertz CT molecular complexity index is 565. The Kier molecular flexibility index (Phi) is 5.35. The maximum atomic E-state index is 12.4. The number of fused-ring (bicyclic) bond motifs is 1. The molecule has 1 amide bonds. The third kappa shape index (κ3) is 3.38. The van der Waals surface area contributed by atoms with Crippen molar-refractivity contribution in [2.24, 2.45) is 11.8 Å². The van der Waals surface area contributed by atoms with Gasteiger partial charge in [0.15, 0.2) is 5.78 Å². The second-order valence-corrected chi connectivity index (χ2v) is 6.30. The van der Waals surface area contributed by atoms with E-state index in [4.69, 9.17) is 5.11 Å². The zero-order valence-corrected chi connectivity index (χ0v) is 13.6. The number of Topliss-reactive ketones (excluding diaryl/α,β-unsaturated/α-hetero) is 1. The standard InChI is InChI=1S/C18H25NO3/c1-4-18(22)19(7-8-20)15-6-5-13-9-14(12(2)3)10-17(21)16(13)11-15/h5-6,11-12,14,20H,4,7-10H2,1-3H3. The number of aliphatic hydroxyl groups excluding tert-OH is 1. The largest absolute Gasteiger partial charge is 0.395 e. The van der Waals surface area contributed by atoms with E-state index in [1.807, 2.05) is 18.2 Å². The smallest absolute Gasteiger partial charge is 0.226 e. The molecule has 0 radical (unpaired) electrons. The lowest BCUT2D eigenvalue weighted by Crippen LogP contribution is -2.33. The van der Waals surface area contributed by atoms with Gasteiger partial charge in [-0.3, -0.25) is 9.59 Å². The molecule has 0 spiro atoms. The van der Waals surface area contributed by atoms with Crippen LogP contribution in [0.15, 0.2) is 18.2 Å². The van der Waals surface area contributed by atoms with Crippen LogP contribution in [0, 0.1) is 11.8 Å². The summed E-state index contributed by atoms with van der Waals surface area (Å²) in [5.41, 5.74) is 2.52. The number of aliphatic hydroxyl groups is 1. The van der Waals surface area contributed by atoms with Gasteiger partial charge in [0.2, 0.25) is 5.91 Å². The van der Waals surface area contributed by atoms with Crippen molar-refractivity contribution in [3.8, 4) is 0 Å².